The van der Waals surface area contributed by atoms with Crippen LogP contribution in [-0.4, -0.2) is 41.4 Å². The second-order valence-electron chi connectivity index (χ2n) is 5.17. The molecule has 0 bridgehead atoms. The molecular formula is C15H19NO3. The number of aliphatic hydroxyl groups is 1. The van der Waals surface area contributed by atoms with Crippen LogP contribution in [0.4, 0.5) is 0 Å². The lowest BCUT2D eigenvalue weighted by atomic mass is 9.93. The summed E-state index contributed by atoms with van der Waals surface area (Å²) < 4.78 is 0. The molecule has 0 radical (unpaired) electrons. The van der Waals surface area contributed by atoms with Crippen molar-refractivity contribution in [3.05, 3.63) is 35.4 Å². The Hall–Kier alpha value is -1.68. The van der Waals surface area contributed by atoms with Gasteiger partial charge in [-0.05, 0) is 37.8 Å². The quantitative estimate of drug-likeness (QED) is 0.843. The topological polar surface area (TPSA) is 57.6 Å². The summed E-state index contributed by atoms with van der Waals surface area (Å²) >= 11 is 0. The number of carbonyl (C=O) groups excluding carboxylic acids is 2. The van der Waals surface area contributed by atoms with E-state index in [0.717, 1.165) is 19.1 Å². The number of nitrogens with zero attached hydrogens (tertiary/aromatic N) is 1. The van der Waals surface area contributed by atoms with E-state index in [1.54, 1.807) is 24.3 Å². The fraction of sp³-hybridized carbons (Fsp3) is 0.467. The number of benzene rings is 1. The molecule has 1 heterocycles. The number of amides is 1. The molecule has 0 spiro atoms. The number of likely N-dealkylation sites (tertiary alicyclic amines) is 1. The molecule has 19 heavy (non-hydrogen) atoms. The van der Waals surface area contributed by atoms with Gasteiger partial charge in [-0.15, -0.1) is 0 Å². The van der Waals surface area contributed by atoms with Crippen molar-refractivity contribution in [2.45, 2.75) is 25.8 Å². The first kappa shape index (κ1) is 13.7. The van der Waals surface area contributed by atoms with Gasteiger partial charge in [-0.25, -0.2) is 0 Å². The molecule has 0 aromatic heterocycles. The molecule has 2 rings (SSSR count). The average Bonchev–Trinajstić information content (AvgIpc) is 2.47. The summed E-state index contributed by atoms with van der Waals surface area (Å²) in [5, 5.41) is 9.24. The van der Waals surface area contributed by atoms with Crippen LogP contribution in [0.15, 0.2) is 24.3 Å². The van der Waals surface area contributed by atoms with Gasteiger partial charge in [0.15, 0.2) is 0 Å². The largest absolute Gasteiger partial charge is 0.396 e. The smallest absolute Gasteiger partial charge is 0.254 e. The lowest BCUT2D eigenvalue weighted by molar-refractivity contribution is 0.0488. The van der Waals surface area contributed by atoms with Crippen molar-refractivity contribution < 1.29 is 14.7 Å². The molecule has 1 aliphatic rings. The van der Waals surface area contributed by atoms with Crippen LogP contribution in [0.3, 0.4) is 0 Å². The Morgan fingerprint density at radius 1 is 1.37 bits per heavy atom. The average molecular weight is 261 g/mol. The minimum atomic E-state index is -0.0249. The molecule has 1 aromatic rings. The summed E-state index contributed by atoms with van der Waals surface area (Å²) in [7, 11) is 0. The van der Waals surface area contributed by atoms with E-state index in [4.69, 9.17) is 0 Å². The van der Waals surface area contributed by atoms with Gasteiger partial charge in [-0.2, -0.15) is 0 Å². The number of hydrogen-bond acceptors (Lipinski definition) is 3. The summed E-state index contributed by atoms with van der Waals surface area (Å²) in [6.45, 7) is 2.76. The molecule has 0 aliphatic carbocycles. The second-order valence-corrected chi connectivity index (χ2v) is 5.17. The van der Waals surface area contributed by atoms with E-state index >= 15 is 0 Å². The van der Waals surface area contributed by atoms with Crippen LogP contribution in [0.1, 0.15) is 40.5 Å². The van der Waals surface area contributed by atoms with E-state index in [9.17, 15) is 14.7 Å². The zero-order valence-corrected chi connectivity index (χ0v) is 11.1. The van der Waals surface area contributed by atoms with E-state index in [2.05, 4.69) is 0 Å². The molecule has 0 saturated carbocycles. The van der Waals surface area contributed by atoms with Crippen LogP contribution in [0.5, 0.6) is 0 Å². The van der Waals surface area contributed by atoms with Gasteiger partial charge in [0.1, 0.15) is 6.29 Å². The van der Waals surface area contributed by atoms with Gasteiger partial charge in [-0.1, -0.05) is 12.1 Å². The predicted octanol–water partition coefficient (Wildman–Crippen LogP) is 1.73. The molecular weight excluding hydrogens is 242 g/mol. The van der Waals surface area contributed by atoms with Gasteiger partial charge in [0.2, 0.25) is 0 Å². The third kappa shape index (κ3) is 3.01. The molecule has 1 aromatic carbocycles. The summed E-state index contributed by atoms with van der Waals surface area (Å²) in [6.07, 6.45) is 2.65. The second kappa shape index (κ2) is 5.97. The third-order valence-electron chi connectivity index (χ3n) is 3.79. The van der Waals surface area contributed by atoms with Crippen molar-refractivity contribution in [3.8, 4) is 0 Å². The number of carbonyl (C=O) groups is 2. The highest BCUT2D eigenvalue weighted by Gasteiger charge is 2.29. The first-order valence-electron chi connectivity index (χ1n) is 6.62. The molecule has 1 N–H and O–H groups in total. The molecule has 1 saturated heterocycles. The van der Waals surface area contributed by atoms with Gasteiger partial charge in [0, 0.05) is 30.3 Å². The Labute approximate surface area is 113 Å². The van der Waals surface area contributed by atoms with Gasteiger partial charge in [0.25, 0.3) is 5.91 Å². The summed E-state index contributed by atoms with van der Waals surface area (Å²) in [5.74, 6) is 0.150. The Kier molecular flexibility index (Phi) is 4.32. The minimum Gasteiger partial charge on any atom is -0.396 e. The lowest BCUT2D eigenvalue weighted by Gasteiger charge is -2.37. The van der Waals surface area contributed by atoms with Crippen molar-refractivity contribution in [2.24, 2.45) is 5.92 Å². The molecule has 4 nitrogen and oxygen atoms in total. The minimum absolute atomic E-state index is 0.0249. The van der Waals surface area contributed by atoms with Crippen LogP contribution in [0.2, 0.25) is 0 Å². The molecule has 102 valence electrons. The molecule has 2 unspecified atom stereocenters. The first-order valence-corrected chi connectivity index (χ1v) is 6.62. The highest BCUT2D eigenvalue weighted by atomic mass is 16.3. The van der Waals surface area contributed by atoms with Gasteiger partial charge >= 0.3 is 0 Å². The predicted molar refractivity (Wildman–Crippen MR) is 72.1 cm³/mol. The van der Waals surface area contributed by atoms with Crippen molar-refractivity contribution in [2.75, 3.05) is 13.2 Å². The third-order valence-corrected chi connectivity index (χ3v) is 3.79. The fourth-order valence-electron chi connectivity index (χ4n) is 2.48. The van der Waals surface area contributed by atoms with E-state index in [1.165, 1.54) is 0 Å². The normalized spacial score (nSPS) is 23.2. The summed E-state index contributed by atoms with van der Waals surface area (Å²) in [4.78, 5) is 24.8. The highest BCUT2D eigenvalue weighted by Crippen LogP contribution is 2.23. The van der Waals surface area contributed by atoms with E-state index in [1.807, 2.05) is 11.8 Å². The molecule has 2 atom stereocenters. The van der Waals surface area contributed by atoms with Crippen LogP contribution >= 0.6 is 0 Å². The lowest BCUT2D eigenvalue weighted by Crippen LogP contribution is -2.46. The zero-order chi connectivity index (χ0) is 13.8. The van der Waals surface area contributed by atoms with E-state index < -0.39 is 0 Å². The molecule has 1 amide bonds. The van der Waals surface area contributed by atoms with Gasteiger partial charge in [-0.3, -0.25) is 9.59 Å². The van der Waals surface area contributed by atoms with Crippen LogP contribution in [0, 0.1) is 5.92 Å². The maximum absolute atomic E-state index is 12.4. The number of piperidine rings is 1. The van der Waals surface area contributed by atoms with Gasteiger partial charge < -0.3 is 10.0 Å². The van der Waals surface area contributed by atoms with E-state index in [-0.39, 0.29) is 24.5 Å². The van der Waals surface area contributed by atoms with Crippen LogP contribution in [0.25, 0.3) is 0 Å². The monoisotopic (exact) mass is 261 g/mol. The Balaban J connectivity index is 2.14. The van der Waals surface area contributed by atoms with Crippen molar-refractivity contribution in [3.63, 3.8) is 0 Å². The Bertz CT molecular complexity index is 455. The van der Waals surface area contributed by atoms with Crippen LogP contribution in [-0.2, 0) is 0 Å². The highest BCUT2D eigenvalue weighted by molar-refractivity contribution is 5.95. The summed E-state index contributed by atoms with van der Waals surface area (Å²) in [5.41, 5.74) is 1.16. The fourth-order valence-corrected chi connectivity index (χ4v) is 2.48. The summed E-state index contributed by atoms with van der Waals surface area (Å²) in [6, 6.07) is 6.86. The molecule has 1 aliphatic heterocycles. The number of aliphatic hydroxyl groups excluding tert-OH is 1. The zero-order valence-electron chi connectivity index (χ0n) is 11.1. The number of hydrogen-bond donors (Lipinski definition) is 1. The SMILES string of the molecule is CC1CCC(CO)CN1C(=O)c1ccc(C=O)cc1. The van der Waals surface area contributed by atoms with Gasteiger partial charge in [0.05, 0.1) is 0 Å². The van der Waals surface area contributed by atoms with Crippen molar-refractivity contribution >= 4 is 12.2 Å². The van der Waals surface area contributed by atoms with Crippen molar-refractivity contribution in [1.29, 1.82) is 0 Å². The number of rotatable bonds is 3. The van der Waals surface area contributed by atoms with E-state index in [0.29, 0.717) is 17.7 Å². The Morgan fingerprint density at radius 2 is 2.05 bits per heavy atom. The molecule has 4 heteroatoms. The van der Waals surface area contributed by atoms with Crippen molar-refractivity contribution in [1.82, 2.24) is 4.90 Å². The first-order chi connectivity index (χ1) is 9.15. The maximum Gasteiger partial charge on any atom is 0.254 e. The standard InChI is InChI=1S/C15H19NO3/c1-11-2-3-13(10-18)8-16(11)15(19)14-6-4-12(9-17)5-7-14/h4-7,9,11,13,18H,2-3,8,10H2,1H3. The maximum atomic E-state index is 12.4. The Morgan fingerprint density at radius 3 is 2.63 bits per heavy atom. The number of aldehydes is 1. The molecule has 1 fully saturated rings. The van der Waals surface area contributed by atoms with Crippen LogP contribution < -0.4 is 0 Å².